The number of H-pyrrole nitrogens is 1. The van der Waals surface area contributed by atoms with E-state index in [1.165, 1.54) is 10.8 Å². The van der Waals surface area contributed by atoms with Crippen molar-refractivity contribution in [1.29, 1.82) is 0 Å². The highest BCUT2D eigenvalue weighted by Crippen LogP contribution is 2.29. The molecule has 3 heteroatoms. The Morgan fingerprint density at radius 2 is 1.18 bits per heavy atom. The van der Waals surface area contributed by atoms with Gasteiger partial charge in [0.25, 0.3) is 0 Å². The first-order chi connectivity index (χ1) is 8.24. The molecule has 0 saturated carbocycles. The maximum absolute atomic E-state index is 3.47. The van der Waals surface area contributed by atoms with Crippen molar-refractivity contribution >= 4 is 53.7 Å². The van der Waals surface area contributed by atoms with Gasteiger partial charge in [-0.15, -0.1) is 0 Å². The van der Waals surface area contributed by atoms with E-state index in [0.717, 1.165) is 20.0 Å². The minimum absolute atomic E-state index is 1.10. The van der Waals surface area contributed by atoms with Crippen LogP contribution in [0, 0.1) is 0 Å². The summed E-state index contributed by atoms with van der Waals surface area (Å²) in [5, 5.41) is 2.53. The molecule has 0 amide bonds. The van der Waals surface area contributed by atoms with Gasteiger partial charge in [0.1, 0.15) is 0 Å². The number of nitrogens with one attached hydrogen (secondary N) is 1. The number of hydrogen-bond acceptors (Lipinski definition) is 0. The zero-order chi connectivity index (χ0) is 12.4. The zero-order valence-corrected chi connectivity index (χ0v) is 12.9. The van der Waals surface area contributed by atoms with E-state index in [2.05, 4.69) is 73.2 Å². The Kier molecular flexibility index (Phi) is 3.89. The van der Waals surface area contributed by atoms with Gasteiger partial charge in [0.15, 0.2) is 0 Å². The Labute approximate surface area is 117 Å². The van der Waals surface area contributed by atoms with Gasteiger partial charge in [0.2, 0.25) is 0 Å². The summed E-state index contributed by atoms with van der Waals surface area (Å²) in [4.78, 5) is 3.40. The normalized spacial score (nSPS) is 10.4. The van der Waals surface area contributed by atoms with Crippen LogP contribution in [0.1, 0.15) is 13.8 Å². The second-order valence-electron chi connectivity index (χ2n) is 3.50. The highest BCUT2D eigenvalue weighted by molar-refractivity contribution is 9.10. The molecule has 3 rings (SSSR count). The van der Waals surface area contributed by atoms with Crippen LogP contribution in [-0.4, -0.2) is 4.98 Å². The van der Waals surface area contributed by atoms with Crippen molar-refractivity contribution in [3.8, 4) is 0 Å². The summed E-state index contributed by atoms with van der Waals surface area (Å²) in [6.45, 7) is 4.00. The van der Waals surface area contributed by atoms with E-state index in [4.69, 9.17) is 0 Å². The highest BCUT2D eigenvalue weighted by atomic mass is 79.9. The predicted octanol–water partition coefficient (Wildman–Crippen LogP) is 5.87. The zero-order valence-electron chi connectivity index (χ0n) is 9.72. The first-order valence-electron chi connectivity index (χ1n) is 5.60. The first-order valence-corrected chi connectivity index (χ1v) is 7.19. The van der Waals surface area contributed by atoms with Crippen molar-refractivity contribution < 1.29 is 0 Å². The van der Waals surface area contributed by atoms with Crippen LogP contribution in [0.25, 0.3) is 21.8 Å². The van der Waals surface area contributed by atoms with Gasteiger partial charge in [0, 0.05) is 30.8 Å². The number of rotatable bonds is 0. The molecular weight excluding hydrogens is 342 g/mol. The van der Waals surface area contributed by atoms with Crippen LogP contribution in [0.3, 0.4) is 0 Å². The van der Waals surface area contributed by atoms with Crippen molar-refractivity contribution in [1.82, 2.24) is 4.98 Å². The Bertz CT molecular complexity index is 599. The minimum atomic E-state index is 1.10. The number of aromatic nitrogens is 1. The molecule has 2 aromatic carbocycles. The largest absolute Gasteiger partial charge is 0.354 e. The molecule has 88 valence electrons. The molecule has 0 aliphatic rings. The summed E-state index contributed by atoms with van der Waals surface area (Å²) in [6, 6.07) is 12.6. The average molecular weight is 355 g/mol. The predicted molar refractivity (Wildman–Crippen MR) is 82.6 cm³/mol. The number of hydrogen-bond donors (Lipinski definition) is 1. The molecule has 1 heterocycles. The lowest BCUT2D eigenvalue weighted by atomic mass is 10.2. The van der Waals surface area contributed by atoms with E-state index in [-0.39, 0.29) is 0 Å². The molecule has 0 aliphatic carbocycles. The third-order valence-electron chi connectivity index (χ3n) is 2.52. The Morgan fingerprint density at radius 3 is 1.59 bits per heavy atom. The molecular formula is C14H13Br2N. The van der Waals surface area contributed by atoms with Crippen LogP contribution in [0.5, 0.6) is 0 Å². The van der Waals surface area contributed by atoms with E-state index in [0.29, 0.717) is 0 Å². The van der Waals surface area contributed by atoms with Gasteiger partial charge in [-0.25, -0.2) is 0 Å². The van der Waals surface area contributed by atoms with E-state index in [9.17, 15) is 0 Å². The fraction of sp³-hybridized carbons (Fsp3) is 0.143. The fourth-order valence-electron chi connectivity index (χ4n) is 1.85. The SMILES string of the molecule is Brc1ccc2c(c1)[nH]c1cc(Br)ccc12.CC. The molecule has 0 radical (unpaired) electrons. The summed E-state index contributed by atoms with van der Waals surface area (Å²) in [5.41, 5.74) is 2.33. The second kappa shape index (κ2) is 5.23. The quantitative estimate of drug-likeness (QED) is 0.519. The molecule has 0 bridgehead atoms. The van der Waals surface area contributed by atoms with E-state index < -0.39 is 0 Å². The van der Waals surface area contributed by atoms with E-state index in [1.54, 1.807) is 0 Å². The lowest BCUT2D eigenvalue weighted by Gasteiger charge is -1.92. The summed E-state index contributed by atoms with van der Waals surface area (Å²) in [5.74, 6) is 0. The molecule has 0 unspecified atom stereocenters. The standard InChI is InChI=1S/C12H7Br2N.C2H6/c13-7-1-3-9-10-4-2-8(14)6-12(10)15-11(9)5-7;1-2/h1-6,15H;1-2H3. The van der Waals surface area contributed by atoms with Crippen LogP contribution in [0.15, 0.2) is 45.3 Å². The Hall–Kier alpha value is -0.800. The van der Waals surface area contributed by atoms with E-state index >= 15 is 0 Å². The van der Waals surface area contributed by atoms with Crippen molar-refractivity contribution in [3.05, 3.63) is 45.3 Å². The first kappa shape index (κ1) is 12.7. The lowest BCUT2D eigenvalue weighted by molar-refractivity contribution is 1.50. The van der Waals surface area contributed by atoms with Gasteiger partial charge < -0.3 is 4.98 Å². The maximum Gasteiger partial charge on any atom is 0.0476 e. The monoisotopic (exact) mass is 353 g/mol. The topological polar surface area (TPSA) is 15.8 Å². The van der Waals surface area contributed by atoms with Gasteiger partial charge in [0.05, 0.1) is 0 Å². The molecule has 17 heavy (non-hydrogen) atoms. The summed E-state index contributed by atoms with van der Waals surface area (Å²) < 4.78 is 2.20. The molecule has 0 atom stereocenters. The molecule has 0 saturated heterocycles. The lowest BCUT2D eigenvalue weighted by Crippen LogP contribution is -1.67. The van der Waals surface area contributed by atoms with E-state index in [1.807, 2.05) is 13.8 Å². The van der Waals surface area contributed by atoms with Crippen LogP contribution < -0.4 is 0 Å². The van der Waals surface area contributed by atoms with Crippen LogP contribution in [0.4, 0.5) is 0 Å². The summed E-state index contributed by atoms with van der Waals surface area (Å²) >= 11 is 6.95. The molecule has 3 aromatic rings. The minimum Gasteiger partial charge on any atom is -0.354 e. The number of aromatic amines is 1. The van der Waals surface area contributed by atoms with Gasteiger partial charge in [-0.2, -0.15) is 0 Å². The molecule has 0 fully saturated rings. The van der Waals surface area contributed by atoms with Crippen molar-refractivity contribution in [2.24, 2.45) is 0 Å². The number of benzene rings is 2. The van der Waals surface area contributed by atoms with Gasteiger partial charge in [-0.1, -0.05) is 57.8 Å². The van der Waals surface area contributed by atoms with Crippen molar-refractivity contribution in [3.63, 3.8) is 0 Å². The van der Waals surface area contributed by atoms with Gasteiger partial charge in [-0.3, -0.25) is 0 Å². The summed E-state index contributed by atoms with van der Waals surface area (Å²) in [7, 11) is 0. The average Bonchev–Trinajstić information content (AvgIpc) is 2.67. The van der Waals surface area contributed by atoms with Crippen LogP contribution in [0.2, 0.25) is 0 Å². The number of fused-ring (bicyclic) bond motifs is 3. The molecule has 1 aromatic heterocycles. The molecule has 0 aliphatic heterocycles. The third-order valence-corrected chi connectivity index (χ3v) is 3.51. The Morgan fingerprint density at radius 1 is 0.765 bits per heavy atom. The fourth-order valence-corrected chi connectivity index (χ4v) is 2.58. The smallest absolute Gasteiger partial charge is 0.0476 e. The van der Waals surface area contributed by atoms with Crippen molar-refractivity contribution in [2.45, 2.75) is 13.8 Å². The number of halogens is 2. The van der Waals surface area contributed by atoms with Crippen LogP contribution >= 0.6 is 31.9 Å². The molecule has 0 spiro atoms. The van der Waals surface area contributed by atoms with Gasteiger partial charge >= 0.3 is 0 Å². The molecule has 1 nitrogen and oxygen atoms in total. The summed E-state index contributed by atoms with van der Waals surface area (Å²) in [6.07, 6.45) is 0. The van der Waals surface area contributed by atoms with Crippen LogP contribution in [-0.2, 0) is 0 Å². The van der Waals surface area contributed by atoms with Gasteiger partial charge in [-0.05, 0) is 24.3 Å². The Balaban J connectivity index is 0.000000514. The maximum atomic E-state index is 3.47. The molecule has 1 N–H and O–H groups in total. The third kappa shape index (κ3) is 2.40. The second-order valence-corrected chi connectivity index (χ2v) is 5.34. The van der Waals surface area contributed by atoms with Crippen molar-refractivity contribution in [2.75, 3.05) is 0 Å². The highest BCUT2D eigenvalue weighted by Gasteiger charge is 2.04.